The number of pyridine rings is 1. The van der Waals surface area contributed by atoms with Gasteiger partial charge in [0, 0.05) is 31.0 Å². The van der Waals surface area contributed by atoms with Crippen LogP contribution in [-0.4, -0.2) is 37.4 Å². The Balaban J connectivity index is 1.66. The Labute approximate surface area is 157 Å². The Morgan fingerprint density at radius 2 is 1.93 bits per heavy atom. The van der Waals surface area contributed by atoms with Crippen molar-refractivity contribution >= 4 is 22.5 Å². The highest BCUT2D eigenvalue weighted by atomic mass is 16.2. The predicted molar refractivity (Wildman–Crippen MR) is 104 cm³/mol. The topological polar surface area (TPSA) is 63.4 Å². The van der Waals surface area contributed by atoms with Crippen LogP contribution in [0.15, 0.2) is 54.6 Å². The summed E-state index contributed by atoms with van der Waals surface area (Å²) in [6.45, 7) is 4.79. The van der Waals surface area contributed by atoms with Crippen molar-refractivity contribution in [3.05, 3.63) is 71.3 Å². The van der Waals surface area contributed by atoms with Gasteiger partial charge in [0.1, 0.15) is 0 Å². The first-order chi connectivity index (χ1) is 13.1. The van der Waals surface area contributed by atoms with E-state index in [0.717, 1.165) is 28.5 Å². The van der Waals surface area contributed by atoms with Gasteiger partial charge < -0.3 is 4.90 Å². The summed E-state index contributed by atoms with van der Waals surface area (Å²) in [5.74, 6) is 0.0422. The molecule has 0 unspecified atom stereocenters. The molecule has 0 aliphatic heterocycles. The Morgan fingerprint density at radius 1 is 1.11 bits per heavy atom. The van der Waals surface area contributed by atoms with E-state index in [2.05, 4.69) is 51.9 Å². The maximum absolute atomic E-state index is 12.2. The molecule has 4 aromatic rings. The molecule has 2 heterocycles. The van der Waals surface area contributed by atoms with Crippen LogP contribution in [0.3, 0.4) is 0 Å². The van der Waals surface area contributed by atoms with Gasteiger partial charge in [-0.25, -0.2) is 0 Å². The van der Waals surface area contributed by atoms with E-state index < -0.39 is 0 Å². The molecule has 4 rings (SSSR count). The number of hydrogen-bond donors (Lipinski definition) is 0. The van der Waals surface area contributed by atoms with Gasteiger partial charge in [-0.3, -0.25) is 4.79 Å². The van der Waals surface area contributed by atoms with Crippen LogP contribution in [0.5, 0.6) is 0 Å². The minimum atomic E-state index is 0.0422. The molecule has 0 atom stereocenters. The molecule has 0 fully saturated rings. The van der Waals surface area contributed by atoms with E-state index in [0.29, 0.717) is 18.7 Å². The van der Waals surface area contributed by atoms with Crippen molar-refractivity contribution < 1.29 is 4.79 Å². The molecule has 136 valence electrons. The summed E-state index contributed by atoms with van der Waals surface area (Å²) >= 11 is 0. The number of amides is 1. The summed E-state index contributed by atoms with van der Waals surface area (Å²) in [7, 11) is 0. The first-order valence-corrected chi connectivity index (χ1v) is 9.01. The smallest absolute Gasteiger partial charge is 0.219 e. The number of carbonyl (C=O) groups excluding carboxylic acids is 1. The predicted octanol–water partition coefficient (Wildman–Crippen LogP) is 3.18. The van der Waals surface area contributed by atoms with Gasteiger partial charge in [0.2, 0.25) is 5.91 Å². The number of nitrogens with zero attached hydrogens (tertiary/aromatic N) is 5. The number of tetrazole rings is 1. The lowest BCUT2D eigenvalue weighted by molar-refractivity contribution is -0.129. The second-order valence-electron chi connectivity index (χ2n) is 6.82. The average Bonchev–Trinajstić information content (AvgIpc) is 3.16. The standard InChI is InChI=1S/C21H21N5O/c1-15-8-9-18-13-19(21-22-23-24-26(21)20(18)12-15)14-25(16(2)27)11-10-17-6-4-3-5-7-17/h3-9,12-13H,10-11,14H2,1-2H3. The van der Waals surface area contributed by atoms with E-state index in [9.17, 15) is 4.79 Å². The van der Waals surface area contributed by atoms with Crippen LogP contribution in [0.1, 0.15) is 23.6 Å². The number of carbonyl (C=O) groups is 1. The molecule has 0 saturated heterocycles. The normalized spacial score (nSPS) is 11.2. The summed E-state index contributed by atoms with van der Waals surface area (Å²) in [6, 6.07) is 18.5. The zero-order valence-electron chi connectivity index (χ0n) is 15.5. The second kappa shape index (κ2) is 7.15. The fourth-order valence-corrected chi connectivity index (χ4v) is 3.34. The van der Waals surface area contributed by atoms with E-state index in [1.807, 2.05) is 30.0 Å². The van der Waals surface area contributed by atoms with Crippen molar-refractivity contribution in [1.29, 1.82) is 0 Å². The molecule has 0 saturated carbocycles. The molecular formula is C21H21N5O. The molecule has 1 amide bonds. The van der Waals surface area contributed by atoms with Crippen molar-refractivity contribution in [2.24, 2.45) is 0 Å². The highest BCUT2D eigenvalue weighted by Crippen LogP contribution is 2.21. The third kappa shape index (κ3) is 3.51. The fourth-order valence-electron chi connectivity index (χ4n) is 3.34. The molecule has 0 aliphatic carbocycles. The Bertz CT molecular complexity index is 1100. The van der Waals surface area contributed by atoms with Gasteiger partial charge in [0.25, 0.3) is 0 Å². The van der Waals surface area contributed by atoms with Crippen LogP contribution in [-0.2, 0) is 17.8 Å². The molecule has 0 spiro atoms. The van der Waals surface area contributed by atoms with Crippen molar-refractivity contribution in [3.63, 3.8) is 0 Å². The summed E-state index contributed by atoms with van der Waals surface area (Å²) in [4.78, 5) is 14.1. The highest BCUT2D eigenvalue weighted by molar-refractivity contribution is 5.84. The van der Waals surface area contributed by atoms with Crippen molar-refractivity contribution in [1.82, 2.24) is 24.9 Å². The number of aromatic nitrogens is 4. The number of rotatable bonds is 5. The number of hydrogen-bond acceptors (Lipinski definition) is 4. The molecule has 27 heavy (non-hydrogen) atoms. The molecule has 0 aliphatic rings. The first kappa shape index (κ1) is 17.1. The van der Waals surface area contributed by atoms with E-state index in [1.54, 1.807) is 11.4 Å². The molecule has 2 aromatic heterocycles. The monoisotopic (exact) mass is 359 g/mol. The largest absolute Gasteiger partial charge is 0.338 e. The van der Waals surface area contributed by atoms with Gasteiger partial charge in [-0.1, -0.05) is 42.5 Å². The van der Waals surface area contributed by atoms with Crippen LogP contribution in [0.25, 0.3) is 16.6 Å². The van der Waals surface area contributed by atoms with Gasteiger partial charge in [0.05, 0.1) is 5.52 Å². The van der Waals surface area contributed by atoms with Crippen LogP contribution in [0.4, 0.5) is 0 Å². The minimum absolute atomic E-state index is 0.0422. The Hall–Kier alpha value is -3.28. The summed E-state index contributed by atoms with van der Waals surface area (Å²) < 4.78 is 1.76. The van der Waals surface area contributed by atoms with Crippen molar-refractivity contribution in [2.45, 2.75) is 26.8 Å². The van der Waals surface area contributed by atoms with Gasteiger partial charge >= 0.3 is 0 Å². The maximum Gasteiger partial charge on any atom is 0.219 e. The molecule has 0 bridgehead atoms. The third-order valence-electron chi connectivity index (χ3n) is 4.82. The lowest BCUT2D eigenvalue weighted by atomic mass is 10.1. The van der Waals surface area contributed by atoms with Crippen LogP contribution in [0, 0.1) is 6.92 Å². The second-order valence-corrected chi connectivity index (χ2v) is 6.82. The maximum atomic E-state index is 12.2. The number of aryl methyl sites for hydroxylation is 1. The number of benzene rings is 2. The third-order valence-corrected chi connectivity index (χ3v) is 4.82. The lowest BCUT2D eigenvalue weighted by Crippen LogP contribution is -2.30. The Kier molecular flexibility index (Phi) is 4.54. The van der Waals surface area contributed by atoms with Gasteiger partial charge in [-0.2, -0.15) is 4.52 Å². The van der Waals surface area contributed by atoms with Crippen LogP contribution >= 0.6 is 0 Å². The van der Waals surface area contributed by atoms with E-state index >= 15 is 0 Å². The van der Waals surface area contributed by atoms with Gasteiger partial charge in [0.15, 0.2) is 5.65 Å². The molecule has 2 aromatic carbocycles. The SMILES string of the molecule is CC(=O)N(CCc1ccccc1)Cc1cc2ccc(C)cc2n2nnnc12. The molecular weight excluding hydrogens is 338 g/mol. The van der Waals surface area contributed by atoms with E-state index in [-0.39, 0.29) is 5.91 Å². The average molecular weight is 359 g/mol. The van der Waals surface area contributed by atoms with Gasteiger partial charge in [-0.05, 0) is 47.0 Å². The molecule has 0 radical (unpaired) electrons. The first-order valence-electron chi connectivity index (χ1n) is 9.01. The molecule has 6 heteroatoms. The summed E-state index contributed by atoms with van der Waals surface area (Å²) in [6.07, 6.45) is 0.814. The zero-order valence-corrected chi connectivity index (χ0v) is 15.5. The minimum Gasteiger partial charge on any atom is -0.338 e. The Morgan fingerprint density at radius 3 is 2.70 bits per heavy atom. The van der Waals surface area contributed by atoms with Crippen molar-refractivity contribution in [3.8, 4) is 0 Å². The van der Waals surface area contributed by atoms with Crippen LogP contribution < -0.4 is 0 Å². The quantitative estimate of drug-likeness (QED) is 0.549. The zero-order chi connectivity index (χ0) is 18.8. The summed E-state index contributed by atoms with van der Waals surface area (Å²) in [5, 5.41) is 13.2. The fraction of sp³-hybridized carbons (Fsp3) is 0.238. The number of fused-ring (bicyclic) bond motifs is 3. The molecule has 6 nitrogen and oxygen atoms in total. The van der Waals surface area contributed by atoms with Crippen LogP contribution in [0.2, 0.25) is 0 Å². The lowest BCUT2D eigenvalue weighted by Gasteiger charge is -2.21. The van der Waals surface area contributed by atoms with Crippen molar-refractivity contribution in [2.75, 3.05) is 6.54 Å². The highest BCUT2D eigenvalue weighted by Gasteiger charge is 2.15. The van der Waals surface area contributed by atoms with E-state index in [1.165, 1.54) is 5.56 Å². The summed E-state index contributed by atoms with van der Waals surface area (Å²) in [5.41, 5.74) is 4.98. The van der Waals surface area contributed by atoms with E-state index in [4.69, 9.17) is 0 Å². The molecule has 0 N–H and O–H groups in total. The van der Waals surface area contributed by atoms with Gasteiger partial charge in [-0.15, -0.1) is 5.10 Å².